The molecule has 0 aliphatic carbocycles. The molecule has 2 nitrogen and oxygen atoms in total. The molecule has 0 aliphatic rings. The van der Waals surface area contributed by atoms with Crippen molar-refractivity contribution in [3.05, 3.63) is 182 Å². The van der Waals surface area contributed by atoms with Crippen LogP contribution in [0, 0.1) is 0 Å². The van der Waals surface area contributed by atoms with Gasteiger partial charge in [0.15, 0.2) is 0 Å². The summed E-state index contributed by atoms with van der Waals surface area (Å²) in [6.45, 7) is 0. The SMILES string of the molecule is c1ccc(-c2ccccc2-n2c3ccccc3c3ccc4c(c5ccccc5n4-c4ccc(-c5cccc6c5sc5ccccc56)cc4)c32)cc1. The van der Waals surface area contributed by atoms with E-state index in [9.17, 15) is 0 Å². The van der Waals surface area contributed by atoms with E-state index >= 15 is 0 Å². The second-order valence-electron chi connectivity index (χ2n) is 13.3. The first-order valence-corrected chi connectivity index (χ1v) is 18.3. The average Bonchev–Trinajstić information content (AvgIpc) is 3.86. The zero-order valence-corrected chi connectivity index (χ0v) is 28.4. The molecule has 0 aliphatic heterocycles. The fourth-order valence-electron chi connectivity index (χ4n) is 8.33. The Bertz CT molecular complexity index is 3120. The fraction of sp³-hybridized carbons (Fsp3) is 0. The summed E-state index contributed by atoms with van der Waals surface area (Å²) in [7, 11) is 0. The predicted octanol–water partition coefficient (Wildman–Crippen LogP) is 13.6. The van der Waals surface area contributed by atoms with Crippen LogP contribution in [0.2, 0.25) is 0 Å². The van der Waals surface area contributed by atoms with Crippen molar-refractivity contribution in [2.24, 2.45) is 0 Å². The number of aromatic nitrogens is 2. The zero-order valence-electron chi connectivity index (χ0n) is 27.6. The van der Waals surface area contributed by atoms with Gasteiger partial charge in [0.2, 0.25) is 0 Å². The van der Waals surface area contributed by atoms with E-state index in [0.717, 1.165) is 5.69 Å². The van der Waals surface area contributed by atoms with Crippen LogP contribution in [-0.4, -0.2) is 9.13 Å². The summed E-state index contributed by atoms with van der Waals surface area (Å²) < 4.78 is 7.62. The third kappa shape index (κ3) is 4.16. The molecule has 0 fully saturated rings. The second kappa shape index (κ2) is 11.0. The zero-order chi connectivity index (χ0) is 33.5. The highest BCUT2D eigenvalue weighted by Crippen LogP contribution is 2.44. The highest BCUT2D eigenvalue weighted by atomic mass is 32.1. The maximum atomic E-state index is 2.50. The highest BCUT2D eigenvalue weighted by Gasteiger charge is 2.22. The normalized spacial score (nSPS) is 11.9. The Hall–Kier alpha value is -6.42. The monoisotopic (exact) mass is 666 g/mol. The molecular weight excluding hydrogens is 637 g/mol. The summed E-state index contributed by atoms with van der Waals surface area (Å²) in [6, 6.07) is 66.5. The van der Waals surface area contributed by atoms with Crippen LogP contribution < -0.4 is 0 Å². The number of thiophene rings is 1. The largest absolute Gasteiger partial charge is 0.309 e. The lowest BCUT2D eigenvalue weighted by atomic mass is 10.0. The van der Waals surface area contributed by atoms with E-state index in [1.807, 2.05) is 11.3 Å². The van der Waals surface area contributed by atoms with Crippen molar-refractivity contribution >= 4 is 75.1 Å². The van der Waals surface area contributed by atoms with E-state index in [1.165, 1.54) is 91.7 Å². The van der Waals surface area contributed by atoms with Gasteiger partial charge in [0.25, 0.3) is 0 Å². The third-order valence-corrected chi connectivity index (χ3v) is 11.8. The lowest BCUT2D eigenvalue weighted by Crippen LogP contribution is -1.98. The topological polar surface area (TPSA) is 9.86 Å². The Balaban J connectivity index is 1.17. The van der Waals surface area contributed by atoms with Gasteiger partial charge in [-0.15, -0.1) is 11.3 Å². The maximum absolute atomic E-state index is 2.50. The molecule has 0 N–H and O–H groups in total. The van der Waals surface area contributed by atoms with Gasteiger partial charge in [-0.2, -0.15) is 0 Å². The Labute approximate surface area is 298 Å². The van der Waals surface area contributed by atoms with E-state index in [-0.39, 0.29) is 0 Å². The van der Waals surface area contributed by atoms with Crippen molar-refractivity contribution in [3.63, 3.8) is 0 Å². The molecule has 0 saturated heterocycles. The molecule has 0 radical (unpaired) electrons. The van der Waals surface area contributed by atoms with Crippen LogP contribution >= 0.6 is 11.3 Å². The molecule has 8 aromatic carbocycles. The van der Waals surface area contributed by atoms with Gasteiger partial charge < -0.3 is 9.13 Å². The molecule has 0 spiro atoms. The average molecular weight is 667 g/mol. The van der Waals surface area contributed by atoms with Gasteiger partial charge in [0.1, 0.15) is 0 Å². The molecule has 3 aromatic heterocycles. The maximum Gasteiger partial charge on any atom is 0.0641 e. The summed E-state index contributed by atoms with van der Waals surface area (Å²) in [5.41, 5.74) is 12.1. The smallest absolute Gasteiger partial charge is 0.0641 e. The summed E-state index contributed by atoms with van der Waals surface area (Å²) in [5, 5.41) is 7.69. The van der Waals surface area contributed by atoms with Gasteiger partial charge in [-0.05, 0) is 59.2 Å². The third-order valence-electron chi connectivity index (χ3n) is 10.5. The first-order chi connectivity index (χ1) is 25.3. The Morgan fingerprint density at radius 2 is 0.980 bits per heavy atom. The quantitative estimate of drug-likeness (QED) is 0.177. The lowest BCUT2D eigenvalue weighted by molar-refractivity contribution is 1.17. The fourth-order valence-corrected chi connectivity index (χ4v) is 9.57. The molecule has 3 heteroatoms. The minimum Gasteiger partial charge on any atom is -0.309 e. The number of hydrogen-bond donors (Lipinski definition) is 0. The molecule has 11 rings (SSSR count). The van der Waals surface area contributed by atoms with Gasteiger partial charge in [-0.1, -0.05) is 140 Å². The van der Waals surface area contributed by atoms with E-state index < -0.39 is 0 Å². The number of nitrogens with zero attached hydrogens (tertiary/aromatic N) is 2. The first kappa shape index (κ1) is 28.4. The molecule has 51 heavy (non-hydrogen) atoms. The van der Waals surface area contributed by atoms with Gasteiger partial charge in [-0.3, -0.25) is 0 Å². The molecule has 3 heterocycles. The molecule has 0 bridgehead atoms. The number of rotatable bonds is 4. The van der Waals surface area contributed by atoms with E-state index in [2.05, 4.69) is 191 Å². The van der Waals surface area contributed by atoms with Crippen LogP contribution in [0.5, 0.6) is 0 Å². The number of fused-ring (bicyclic) bond motifs is 10. The highest BCUT2D eigenvalue weighted by molar-refractivity contribution is 7.26. The van der Waals surface area contributed by atoms with E-state index in [0.29, 0.717) is 0 Å². The van der Waals surface area contributed by atoms with Gasteiger partial charge in [-0.25, -0.2) is 0 Å². The van der Waals surface area contributed by atoms with Crippen molar-refractivity contribution < 1.29 is 0 Å². The lowest BCUT2D eigenvalue weighted by Gasteiger charge is -2.15. The minimum atomic E-state index is 1.15. The number of para-hydroxylation sites is 3. The Kier molecular flexibility index (Phi) is 6.16. The second-order valence-corrected chi connectivity index (χ2v) is 14.3. The van der Waals surface area contributed by atoms with E-state index in [1.54, 1.807) is 0 Å². The van der Waals surface area contributed by atoms with Gasteiger partial charge >= 0.3 is 0 Å². The van der Waals surface area contributed by atoms with Gasteiger partial charge in [0.05, 0.1) is 27.8 Å². The molecule has 0 unspecified atom stereocenters. The minimum absolute atomic E-state index is 1.15. The molecule has 11 aromatic rings. The van der Waals surface area contributed by atoms with Crippen LogP contribution in [0.3, 0.4) is 0 Å². The molecular formula is C48H30N2S. The van der Waals surface area contributed by atoms with Crippen molar-refractivity contribution in [1.29, 1.82) is 0 Å². The summed E-state index contributed by atoms with van der Waals surface area (Å²) in [5.74, 6) is 0. The summed E-state index contributed by atoms with van der Waals surface area (Å²) >= 11 is 1.88. The number of benzene rings is 8. The Morgan fingerprint density at radius 1 is 0.353 bits per heavy atom. The summed E-state index contributed by atoms with van der Waals surface area (Å²) in [6.07, 6.45) is 0. The standard InChI is InChI=1S/C48H30N2S/c1-2-13-31(14-3-1)34-15-4-8-21-41(34)50-42-22-9-5-16-36(42)38-29-30-44-46(47(38)50)40-18-6-10-23-43(40)49(44)33-27-25-32(26-28-33)35-19-12-20-39-37-17-7-11-24-45(37)51-48(35)39/h1-30H. The molecule has 238 valence electrons. The predicted molar refractivity (Wildman–Crippen MR) is 219 cm³/mol. The van der Waals surface area contributed by atoms with Gasteiger partial charge in [0, 0.05) is 53.0 Å². The van der Waals surface area contributed by atoms with E-state index in [4.69, 9.17) is 0 Å². The van der Waals surface area contributed by atoms with Crippen molar-refractivity contribution in [2.75, 3.05) is 0 Å². The number of hydrogen-bond acceptors (Lipinski definition) is 1. The van der Waals surface area contributed by atoms with Crippen LogP contribution in [-0.2, 0) is 0 Å². The van der Waals surface area contributed by atoms with Crippen molar-refractivity contribution in [1.82, 2.24) is 9.13 Å². The molecule has 0 atom stereocenters. The van der Waals surface area contributed by atoms with Crippen LogP contribution in [0.25, 0.3) is 97.4 Å². The van der Waals surface area contributed by atoms with Crippen molar-refractivity contribution in [3.8, 4) is 33.6 Å². The molecule has 0 saturated carbocycles. The molecule has 0 amide bonds. The van der Waals surface area contributed by atoms with Crippen molar-refractivity contribution in [2.45, 2.75) is 0 Å². The van der Waals surface area contributed by atoms with Crippen LogP contribution in [0.15, 0.2) is 182 Å². The van der Waals surface area contributed by atoms with Crippen LogP contribution in [0.1, 0.15) is 0 Å². The Morgan fingerprint density at radius 3 is 1.82 bits per heavy atom. The van der Waals surface area contributed by atoms with Crippen LogP contribution in [0.4, 0.5) is 0 Å². The summed E-state index contributed by atoms with van der Waals surface area (Å²) in [4.78, 5) is 0. The first-order valence-electron chi connectivity index (χ1n) is 17.4.